The van der Waals surface area contributed by atoms with Gasteiger partial charge in [-0.25, -0.2) is 13.8 Å². The van der Waals surface area contributed by atoms with Crippen LogP contribution in [0.25, 0.3) is 0 Å². The van der Waals surface area contributed by atoms with E-state index in [1.807, 2.05) is 0 Å². The van der Waals surface area contributed by atoms with Crippen molar-refractivity contribution < 1.29 is 13.5 Å². The Kier molecular flexibility index (Phi) is 3.40. The van der Waals surface area contributed by atoms with Gasteiger partial charge in [0.1, 0.15) is 22.4 Å². The minimum absolute atomic E-state index is 0.0702. The van der Waals surface area contributed by atoms with E-state index >= 15 is 0 Å². The third kappa shape index (κ3) is 3.01. The summed E-state index contributed by atoms with van der Waals surface area (Å²) in [5.74, 6) is -1.68. The lowest BCUT2D eigenvalue weighted by atomic mass is 10.3. The minimum Gasteiger partial charge on any atom is -0.437 e. The van der Waals surface area contributed by atoms with Crippen LogP contribution in [-0.2, 0) is 0 Å². The van der Waals surface area contributed by atoms with Crippen LogP contribution in [-0.4, -0.2) is 9.97 Å². The molecule has 7 heteroatoms. The Bertz CT molecular complexity index is 546. The summed E-state index contributed by atoms with van der Waals surface area (Å²) in [4.78, 5) is 7.29. The summed E-state index contributed by atoms with van der Waals surface area (Å²) in [6.45, 7) is 0. The zero-order chi connectivity index (χ0) is 12.4. The summed E-state index contributed by atoms with van der Waals surface area (Å²) in [7, 11) is 0. The van der Waals surface area contributed by atoms with Crippen molar-refractivity contribution in [2.24, 2.45) is 0 Å². The molecule has 1 aromatic heterocycles. The summed E-state index contributed by atoms with van der Waals surface area (Å²) >= 11 is 11.3. The van der Waals surface area contributed by atoms with Gasteiger partial charge in [-0.1, -0.05) is 11.6 Å². The second-order valence-corrected chi connectivity index (χ2v) is 3.74. The quantitative estimate of drug-likeness (QED) is 0.782. The zero-order valence-electron chi connectivity index (χ0n) is 8.12. The maximum atomic E-state index is 12.9. The minimum atomic E-state index is -0.767. The summed E-state index contributed by atoms with van der Waals surface area (Å²) in [6.07, 6.45) is 1.22. The van der Waals surface area contributed by atoms with Crippen LogP contribution in [0, 0.1) is 11.6 Å². The molecule has 0 amide bonds. The lowest BCUT2D eigenvalue weighted by Gasteiger charge is -2.06. The first-order valence-electron chi connectivity index (χ1n) is 4.36. The van der Waals surface area contributed by atoms with Gasteiger partial charge >= 0.3 is 0 Å². The molecule has 0 fully saturated rings. The summed E-state index contributed by atoms with van der Waals surface area (Å²) < 4.78 is 30.9. The highest BCUT2D eigenvalue weighted by atomic mass is 35.5. The number of benzene rings is 1. The molecule has 88 valence electrons. The van der Waals surface area contributed by atoms with E-state index in [-0.39, 0.29) is 21.9 Å². The van der Waals surface area contributed by atoms with Crippen LogP contribution in [0.4, 0.5) is 8.78 Å². The van der Waals surface area contributed by atoms with Crippen LogP contribution in [0.5, 0.6) is 11.6 Å². The molecule has 0 unspecified atom stereocenters. The average Bonchev–Trinajstić information content (AvgIpc) is 2.22. The van der Waals surface area contributed by atoms with E-state index in [4.69, 9.17) is 27.9 Å². The highest BCUT2D eigenvalue weighted by Crippen LogP contribution is 2.28. The number of hydrogen-bond acceptors (Lipinski definition) is 3. The predicted octanol–water partition coefficient (Wildman–Crippen LogP) is 3.85. The second kappa shape index (κ2) is 4.81. The molecule has 0 radical (unpaired) electrons. The van der Waals surface area contributed by atoms with Crippen LogP contribution in [0.15, 0.2) is 24.4 Å². The van der Waals surface area contributed by atoms with Gasteiger partial charge in [-0.05, 0) is 11.6 Å². The van der Waals surface area contributed by atoms with Crippen molar-refractivity contribution in [3.63, 3.8) is 0 Å². The van der Waals surface area contributed by atoms with Crippen LogP contribution in [0.1, 0.15) is 0 Å². The number of nitrogens with zero attached hydrogens (tertiary/aromatic N) is 2. The molecule has 0 saturated carbocycles. The lowest BCUT2D eigenvalue weighted by molar-refractivity contribution is 0.450. The second-order valence-electron chi connectivity index (χ2n) is 3.00. The van der Waals surface area contributed by atoms with E-state index in [1.165, 1.54) is 6.20 Å². The van der Waals surface area contributed by atoms with E-state index in [1.54, 1.807) is 0 Å². The van der Waals surface area contributed by atoms with Crippen molar-refractivity contribution in [2.45, 2.75) is 0 Å². The molecule has 0 N–H and O–H groups in total. The smallest absolute Gasteiger partial charge is 0.242 e. The molecule has 0 aliphatic heterocycles. The molecule has 3 nitrogen and oxygen atoms in total. The molecule has 0 aliphatic rings. The summed E-state index contributed by atoms with van der Waals surface area (Å²) in [5, 5.41) is 0.000319. The number of halogens is 4. The van der Waals surface area contributed by atoms with E-state index in [0.717, 1.165) is 18.2 Å². The monoisotopic (exact) mass is 276 g/mol. The van der Waals surface area contributed by atoms with Crippen molar-refractivity contribution in [1.82, 2.24) is 9.97 Å². The molecule has 0 saturated heterocycles. The maximum Gasteiger partial charge on any atom is 0.242 e. The number of hydrogen-bond donors (Lipinski definition) is 0. The van der Waals surface area contributed by atoms with Crippen molar-refractivity contribution in [3.8, 4) is 11.6 Å². The van der Waals surface area contributed by atoms with Gasteiger partial charge in [0.05, 0.1) is 6.20 Å². The topological polar surface area (TPSA) is 35.0 Å². The molecule has 2 rings (SSSR count). The van der Waals surface area contributed by atoms with E-state index in [2.05, 4.69) is 9.97 Å². The highest BCUT2D eigenvalue weighted by molar-refractivity contribution is 6.32. The Hall–Kier alpha value is -1.46. The van der Waals surface area contributed by atoms with Gasteiger partial charge in [-0.2, -0.15) is 4.98 Å². The first kappa shape index (κ1) is 12.0. The Balaban J connectivity index is 2.34. The predicted molar refractivity (Wildman–Crippen MR) is 58.5 cm³/mol. The highest BCUT2D eigenvalue weighted by Gasteiger charge is 2.09. The van der Waals surface area contributed by atoms with Crippen molar-refractivity contribution >= 4 is 23.2 Å². The molecule has 17 heavy (non-hydrogen) atoms. The van der Waals surface area contributed by atoms with Crippen molar-refractivity contribution in [1.29, 1.82) is 0 Å². The van der Waals surface area contributed by atoms with Gasteiger partial charge < -0.3 is 4.74 Å². The Morgan fingerprint density at radius 1 is 1.06 bits per heavy atom. The largest absolute Gasteiger partial charge is 0.437 e. The standard InChI is InChI=1S/C10H4Cl2F2N2O/c11-8-4-15-10(12)16-9(8)17-7-2-5(13)1-6(14)3-7/h1-4H. The molecule has 2 aromatic rings. The molecular formula is C10H4Cl2F2N2O. The Morgan fingerprint density at radius 2 is 1.71 bits per heavy atom. The molecule has 0 spiro atoms. The van der Waals surface area contributed by atoms with E-state index < -0.39 is 11.6 Å². The van der Waals surface area contributed by atoms with Gasteiger partial charge in [0.2, 0.25) is 11.2 Å². The SMILES string of the molecule is Fc1cc(F)cc(Oc2nc(Cl)ncc2Cl)c1. The molecule has 0 atom stereocenters. The summed E-state index contributed by atoms with van der Waals surface area (Å²) in [6, 6.07) is 2.71. The molecule has 1 heterocycles. The normalized spacial score (nSPS) is 10.4. The van der Waals surface area contributed by atoms with E-state index in [0.29, 0.717) is 0 Å². The fourth-order valence-corrected chi connectivity index (χ4v) is 1.36. The van der Waals surface area contributed by atoms with Gasteiger partial charge in [0, 0.05) is 18.2 Å². The van der Waals surface area contributed by atoms with Crippen LogP contribution >= 0.6 is 23.2 Å². The van der Waals surface area contributed by atoms with Crippen LogP contribution < -0.4 is 4.74 Å². The third-order valence-electron chi connectivity index (χ3n) is 1.73. The Labute approximate surface area is 105 Å². The lowest BCUT2D eigenvalue weighted by Crippen LogP contribution is -1.92. The average molecular weight is 277 g/mol. The fourth-order valence-electron chi connectivity index (χ4n) is 1.10. The first-order valence-corrected chi connectivity index (χ1v) is 5.12. The van der Waals surface area contributed by atoms with Gasteiger partial charge in [0.25, 0.3) is 0 Å². The van der Waals surface area contributed by atoms with Gasteiger partial charge in [0.15, 0.2) is 0 Å². The summed E-state index contributed by atoms with van der Waals surface area (Å²) in [5.41, 5.74) is 0. The number of aromatic nitrogens is 2. The third-order valence-corrected chi connectivity index (χ3v) is 2.17. The molecular weight excluding hydrogens is 273 g/mol. The molecule has 0 bridgehead atoms. The molecule has 1 aromatic carbocycles. The van der Waals surface area contributed by atoms with Crippen LogP contribution in [0.3, 0.4) is 0 Å². The van der Waals surface area contributed by atoms with E-state index in [9.17, 15) is 8.78 Å². The number of ether oxygens (including phenoxy) is 1. The van der Waals surface area contributed by atoms with Crippen LogP contribution in [0.2, 0.25) is 10.3 Å². The first-order chi connectivity index (χ1) is 8.04. The zero-order valence-corrected chi connectivity index (χ0v) is 9.64. The van der Waals surface area contributed by atoms with Crippen molar-refractivity contribution in [2.75, 3.05) is 0 Å². The maximum absolute atomic E-state index is 12.9. The van der Waals surface area contributed by atoms with Gasteiger partial charge in [-0.15, -0.1) is 0 Å². The van der Waals surface area contributed by atoms with Gasteiger partial charge in [-0.3, -0.25) is 0 Å². The molecule has 0 aliphatic carbocycles. The Morgan fingerprint density at radius 3 is 2.35 bits per heavy atom. The fraction of sp³-hybridized carbons (Fsp3) is 0. The van der Waals surface area contributed by atoms with Crippen molar-refractivity contribution in [3.05, 3.63) is 46.3 Å². The number of rotatable bonds is 2.